The Kier molecular flexibility index (Phi) is 3.46. The monoisotopic (exact) mass is 245 g/mol. The van der Waals surface area contributed by atoms with Crippen molar-refractivity contribution < 1.29 is 14.1 Å². The normalized spacial score (nSPS) is 10.7. The van der Waals surface area contributed by atoms with Crippen molar-refractivity contribution in [1.82, 2.24) is 5.16 Å². The van der Waals surface area contributed by atoms with Gasteiger partial charge in [-0.1, -0.05) is 43.3 Å². The molecule has 2 rings (SSSR count). The van der Waals surface area contributed by atoms with Crippen LogP contribution < -0.4 is 0 Å². The van der Waals surface area contributed by atoms with Gasteiger partial charge >= 0.3 is 5.97 Å². The maximum absolute atomic E-state index is 11.3. The lowest BCUT2D eigenvalue weighted by Gasteiger charge is -2.04. The molecule has 0 saturated heterocycles. The van der Waals surface area contributed by atoms with Gasteiger partial charge in [-0.2, -0.15) is 0 Å². The lowest BCUT2D eigenvalue weighted by atomic mass is 10.0. The highest BCUT2D eigenvalue weighted by Gasteiger charge is 2.13. The zero-order valence-corrected chi connectivity index (χ0v) is 10.6. The van der Waals surface area contributed by atoms with Crippen molar-refractivity contribution in [3.8, 4) is 11.3 Å². The first-order valence-corrected chi connectivity index (χ1v) is 5.77. The highest BCUT2D eigenvalue weighted by atomic mass is 16.5. The molecule has 0 N–H and O–H groups in total. The molecule has 4 heteroatoms. The number of aromatic nitrogens is 1. The van der Waals surface area contributed by atoms with Gasteiger partial charge in [-0.15, -0.1) is 0 Å². The average molecular weight is 245 g/mol. The summed E-state index contributed by atoms with van der Waals surface area (Å²) in [7, 11) is 1.31. The quantitative estimate of drug-likeness (QED) is 0.779. The largest absolute Gasteiger partial charge is 0.464 e. The SMILES string of the molecule is COC(=O)c1cc(-c2ccc(C(C)C)cc2)on1. The number of esters is 1. The zero-order valence-electron chi connectivity index (χ0n) is 10.6. The zero-order chi connectivity index (χ0) is 13.1. The summed E-state index contributed by atoms with van der Waals surface area (Å²) in [5, 5.41) is 3.67. The van der Waals surface area contributed by atoms with Crippen LogP contribution in [0.15, 0.2) is 34.9 Å². The summed E-state index contributed by atoms with van der Waals surface area (Å²) in [5.41, 5.74) is 2.33. The third-order valence-corrected chi connectivity index (χ3v) is 2.77. The lowest BCUT2D eigenvalue weighted by molar-refractivity contribution is 0.0589. The van der Waals surface area contributed by atoms with E-state index in [-0.39, 0.29) is 5.69 Å². The van der Waals surface area contributed by atoms with E-state index in [0.717, 1.165) is 5.56 Å². The van der Waals surface area contributed by atoms with Crippen LogP contribution >= 0.6 is 0 Å². The van der Waals surface area contributed by atoms with Crippen molar-refractivity contribution in [2.45, 2.75) is 19.8 Å². The van der Waals surface area contributed by atoms with E-state index in [0.29, 0.717) is 11.7 Å². The number of carbonyl (C=O) groups excluding carboxylic acids is 1. The van der Waals surface area contributed by atoms with Gasteiger partial charge in [0.25, 0.3) is 0 Å². The third-order valence-electron chi connectivity index (χ3n) is 2.77. The van der Waals surface area contributed by atoms with Gasteiger partial charge in [-0.05, 0) is 11.5 Å². The van der Waals surface area contributed by atoms with Crippen LogP contribution in [0.2, 0.25) is 0 Å². The number of hydrogen-bond donors (Lipinski definition) is 0. The number of nitrogens with zero attached hydrogens (tertiary/aromatic N) is 1. The summed E-state index contributed by atoms with van der Waals surface area (Å²) >= 11 is 0. The second kappa shape index (κ2) is 5.04. The number of benzene rings is 1. The molecule has 0 spiro atoms. The second-order valence-corrected chi connectivity index (χ2v) is 4.34. The van der Waals surface area contributed by atoms with Crippen molar-refractivity contribution in [2.24, 2.45) is 0 Å². The molecule has 0 aliphatic heterocycles. The van der Waals surface area contributed by atoms with Crippen molar-refractivity contribution in [2.75, 3.05) is 7.11 Å². The van der Waals surface area contributed by atoms with E-state index >= 15 is 0 Å². The van der Waals surface area contributed by atoms with Gasteiger partial charge in [0.1, 0.15) is 0 Å². The summed E-state index contributed by atoms with van der Waals surface area (Å²) in [5.74, 6) is 0.550. The number of rotatable bonds is 3. The van der Waals surface area contributed by atoms with E-state index in [1.807, 2.05) is 24.3 Å². The maximum Gasteiger partial charge on any atom is 0.360 e. The molecule has 4 nitrogen and oxygen atoms in total. The van der Waals surface area contributed by atoms with Gasteiger partial charge in [0.05, 0.1) is 7.11 Å². The smallest absolute Gasteiger partial charge is 0.360 e. The topological polar surface area (TPSA) is 52.3 Å². The summed E-state index contributed by atoms with van der Waals surface area (Å²) in [6.07, 6.45) is 0. The van der Waals surface area contributed by atoms with Crippen molar-refractivity contribution >= 4 is 5.97 Å². The summed E-state index contributed by atoms with van der Waals surface area (Å²) < 4.78 is 9.70. The molecule has 0 radical (unpaired) electrons. The van der Waals surface area contributed by atoms with Crippen LogP contribution in [-0.4, -0.2) is 18.2 Å². The van der Waals surface area contributed by atoms with Gasteiger partial charge in [0.15, 0.2) is 11.5 Å². The Bertz CT molecular complexity index is 540. The standard InChI is InChI=1S/C14H15NO3/c1-9(2)10-4-6-11(7-5-10)13-8-12(15-18-13)14(16)17-3/h4-9H,1-3H3. The summed E-state index contributed by atoms with van der Waals surface area (Å²) in [4.78, 5) is 11.3. The van der Waals surface area contributed by atoms with Gasteiger partial charge in [-0.3, -0.25) is 0 Å². The molecule has 1 aromatic carbocycles. The minimum absolute atomic E-state index is 0.181. The molecular formula is C14H15NO3. The average Bonchev–Trinajstić information content (AvgIpc) is 2.87. The highest BCUT2D eigenvalue weighted by Crippen LogP contribution is 2.23. The molecule has 0 aliphatic rings. The van der Waals surface area contributed by atoms with E-state index < -0.39 is 5.97 Å². The van der Waals surface area contributed by atoms with Crippen molar-refractivity contribution in [3.63, 3.8) is 0 Å². The summed E-state index contributed by atoms with van der Waals surface area (Å²) in [6.45, 7) is 4.28. The van der Waals surface area contributed by atoms with Crippen LogP contribution in [0.3, 0.4) is 0 Å². The molecule has 1 heterocycles. The van der Waals surface area contributed by atoms with Crippen LogP contribution in [0.25, 0.3) is 11.3 Å². The fourth-order valence-corrected chi connectivity index (χ4v) is 1.64. The van der Waals surface area contributed by atoms with Crippen molar-refractivity contribution in [3.05, 3.63) is 41.6 Å². The molecule has 0 unspecified atom stereocenters. The lowest BCUT2D eigenvalue weighted by Crippen LogP contribution is -2.00. The molecular weight excluding hydrogens is 230 g/mol. The Hall–Kier alpha value is -2.10. The molecule has 2 aromatic rings. The molecule has 0 atom stereocenters. The van der Waals surface area contributed by atoms with E-state index in [1.54, 1.807) is 6.07 Å². The fraction of sp³-hybridized carbons (Fsp3) is 0.286. The minimum Gasteiger partial charge on any atom is -0.464 e. The van der Waals surface area contributed by atoms with Gasteiger partial charge in [-0.25, -0.2) is 4.79 Å². The molecule has 1 aromatic heterocycles. The highest BCUT2D eigenvalue weighted by molar-refractivity contribution is 5.88. The Morgan fingerprint density at radius 1 is 1.28 bits per heavy atom. The van der Waals surface area contributed by atoms with Crippen LogP contribution in [0.1, 0.15) is 35.8 Å². The first-order chi connectivity index (χ1) is 8.61. The first-order valence-electron chi connectivity index (χ1n) is 5.77. The molecule has 94 valence electrons. The van der Waals surface area contributed by atoms with Crippen LogP contribution in [0, 0.1) is 0 Å². The Balaban J connectivity index is 2.26. The Morgan fingerprint density at radius 2 is 1.94 bits per heavy atom. The second-order valence-electron chi connectivity index (χ2n) is 4.34. The first kappa shape index (κ1) is 12.4. The number of methoxy groups -OCH3 is 1. The molecule has 0 fully saturated rings. The van der Waals surface area contributed by atoms with E-state index in [4.69, 9.17) is 4.52 Å². The fourth-order valence-electron chi connectivity index (χ4n) is 1.64. The predicted molar refractivity (Wildman–Crippen MR) is 67.4 cm³/mol. The van der Waals surface area contributed by atoms with Gasteiger partial charge in [0, 0.05) is 11.6 Å². The van der Waals surface area contributed by atoms with Gasteiger partial charge < -0.3 is 9.26 Å². The van der Waals surface area contributed by atoms with Crippen LogP contribution in [-0.2, 0) is 4.74 Å². The van der Waals surface area contributed by atoms with Crippen LogP contribution in [0.4, 0.5) is 0 Å². The molecule has 0 saturated carbocycles. The molecule has 0 bridgehead atoms. The van der Waals surface area contributed by atoms with E-state index in [2.05, 4.69) is 23.7 Å². The number of ether oxygens (including phenoxy) is 1. The molecule has 18 heavy (non-hydrogen) atoms. The maximum atomic E-state index is 11.3. The van der Waals surface area contributed by atoms with E-state index in [1.165, 1.54) is 12.7 Å². The third kappa shape index (κ3) is 2.42. The predicted octanol–water partition coefficient (Wildman–Crippen LogP) is 3.25. The summed E-state index contributed by atoms with van der Waals surface area (Å²) in [6, 6.07) is 9.57. The van der Waals surface area contributed by atoms with Crippen molar-refractivity contribution in [1.29, 1.82) is 0 Å². The molecule has 0 amide bonds. The van der Waals surface area contributed by atoms with Crippen LogP contribution in [0.5, 0.6) is 0 Å². The number of hydrogen-bond acceptors (Lipinski definition) is 4. The Labute approximate surface area is 106 Å². The number of carbonyl (C=O) groups is 1. The van der Waals surface area contributed by atoms with Gasteiger partial charge in [0.2, 0.25) is 0 Å². The Morgan fingerprint density at radius 3 is 2.50 bits per heavy atom. The van der Waals surface area contributed by atoms with E-state index in [9.17, 15) is 4.79 Å². The minimum atomic E-state index is -0.496. The molecule has 0 aliphatic carbocycles.